The van der Waals surface area contributed by atoms with Crippen molar-refractivity contribution >= 4 is 5.97 Å². The summed E-state index contributed by atoms with van der Waals surface area (Å²) in [5, 5.41) is 8.80. The standard InChI is InChI=1S/C10H18N2O2/c1-4-10(12,8(13)14)6-5-9(2,3)7-11/h1H,5-7,11-12H2,2-3H3,(H,13,14)/t10-/m0/s1. The molecule has 0 spiro atoms. The largest absolute Gasteiger partial charge is 0.479 e. The van der Waals surface area contributed by atoms with Crippen LogP contribution in [0, 0.1) is 17.8 Å². The van der Waals surface area contributed by atoms with Gasteiger partial charge in [-0.15, -0.1) is 6.42 Å². The Bertz CT molecular complexity index is 255. The summed E-state index contributed by atoms with van der Waals surface area (Å²) >= 11 is 0. The van der Waals surface area contributed by atoms with Crippen molar-refractivity contribution in [2.45, 2.75) is 32.2 Å². The van der Waals surface area contributed by atoms with Gasteiger partial charge in [-0.3, -0.25) is 0 Å². The summed E-state index contributed by atoms with van der Waals surface area (Å²) in [6, 6.07) is 0. The first-order valence-electron chi connectivity index (χ1n) is 4.47. The fraction of sp³-hybridized carbons (Fsp3) is 0.700. The van der Waals surface area contributed by atoms with Crippen molar-refractivity contribution in [3.63, 3.8) is 0 Å². The molecule has 80 valence electrons. The van der Waals surface area contributed by atoms with E-state index in [1.807, 2.05) is 13.8 Å². The lowest BCUT2D eigenvalue weighted by Gasteiger charge is -2.26. The Hall–Kier alpha value is -1.05. The van der Waals surface area contributed by atoms with E-state index in [1.165, 1.54) is 0 Å². The molecule has 5 N–H and O–H groups in total. The number of hydrogen-bond donors (Lipinski definition) is 3. The van der Waals surface area contributed by atoms with Crippen LogP contribution in [0.2, 0.25) is 0 Å². The molecule has 0 radical (unpaired) electrons. The van der Waals surface area contributed by atoms with Gasteiger partial charge in [0.25, 0.3) is 0 Å². The van der Waals surface area contributed by atoms with Crippen LogP contribution in [0.5, 0.6) is 0 Å². The average Bonchev–Trinajstić information content (AvgIpc) is 2.14. The molecular weight excluding hydrogens is 180 g/mol. The first-order chi connectivity index (χ1) is 6.27. The smallest absolute Gasteiger partial charge is 0.336 e. The van der Waals surface area contributed by atoms with Crippen molar-refractivity contribution in [3.8, 4) is 12.3 Å². The predicted octanol–water partition coefficient (Wildman–Crippen LogP) is 0.167. The number of carboxylic acid groups (broad SMARTS) is 1. The second kappa shape index (κ2) is 4.45. The molecule has 4 nitrogen and oxygen atoms in total. The molecule has 1 atom stereocenters. The number of aliphatic carboxylic acids is 1. The molecule has 0 heterocycles. The number of carbonyl (C=O) groups is 1. The molecule has 0 fully saturated rings. The van der Waals surface area contributed by atoms with Gasteiger partial charge in [0.15, 0.2) is 5.54 Å². The molecule has 0 saturated carbocycles. The minimum Gasteiger partial charge on any atom is -0.479 e. The maximum absolute atomic E-state index is 10.8. The van der Waals surface area contributed by atoms with E-state index in [2.05, 4.69) is 5.92 Å². The molecule has 0 aliphatic carbocycles. The highest BCUT2D eigenvalue weighted by molar-refractivity contribution is 5.82. The molecular formula is C10H18N2O2. The topological polar surface area (TPSA) is 89.3 Å². The first-order valence-corrected chi connectivity index (χ1v) is 4.47. The van der Waals surface area contributed by atoms with Crippen LogP contribution in [-0.4, -0.2) is 23.2 Å². The zero-order valence-corrected chi connectivity index (χ0v) is 8.71. The molecule has 0 aromatic rings. The van der Waals surface area contributed by atoms with E-state index in [4.69, 9.17) is 23.0 Å². The Morgan fingerprint density at radius 3 is 2.29 bits per heavy atom. The first kappa shape index (κ1) is 12.9. The summed E-state index contributed by atoms with van der Waals surface area (Å²) in [6.07, 6.45) is 5.92. The van der Waals surface area contributed by atoms with Gasteiger partial charge in [0, 0.05) is 0 Å². The lowest BCUT2D eigenvalue weighted by Crippen LogP contribution is -2.47. The van der Waals surface area contributed by atoms with Gasteiger partial charge in [0.05, 0.1) is 0 Å². The number of rotatable bonds is 5. The number of hydrogen-bond acceptors (Lipinski definition) is 3. The van der Waals surface area contributed by atoms with Gasteiger partial charge >= 0.3 is 5.97 Å². The van der Waals surface area contributed by atoms with Gasteiger partial charge in [-0.2, -0.15) is 0 Å². The van der Waals surface area contributed by atoms with Crippen molar-refractivity contribution < 1.29 is 9.90 Å². The van der Waals surface area contributed by atoms with Gasteiger partial charge < -0.3 is 16.6 Å². The Kier molecular flexibility index (Phi) is 4.11. The van der Waals surface area contributed by atoms with E-state index in [1.54, 1.807) is 0 Å². The SMILES string of the molecule is C#C[C@](N)(CCC(C)(C)CN)C(=O)O. The quantitative estimate of drug-likeness (QED) is 0.549. The van der Waals surface area contributed by atoms with Crippen LogP contribution in [-0.2, 0) is 4.79 Å². The van der Waals surface area contributed by atoms with E-state index in [-0.39, 0.29) is 11.8 Å². The molecule has 4 heteroatoms. The van der Waals surface area contributed by atoms with E-state index >= 15 is 0 Å². The van der Waals surface area contributed by atoms with Gasteiger partial charge in [-0.25, -0.2) is 4.79 Å². The molecule has 0 unspecified atom stereocenters. The second-order valence-corrected chi connectivity index (χ2v) is 4.29. The molecule has 0 aromatic heterocycles. The number of terminal acetylenes is 1. The molecule has 0 aromatic carbocycles. The third-order valence-electron chi connectivity index (χ3n) is 2.39. The third-order valence-corrected chi connectivity index (χ3v) is 2.39. The monoisotopic (exact) mass is 198 g/mol. The van der Waals surface area contributed by atoms with Crippen LogP contribution >= 0.6 is 0 Å². The van der Waals surface area contributed by atoms with Crippen molar-refractivity contribution in [2.24, 2.45) is 16.9 Å². The van der Waals surface area contributed by atoms with Crippen LogP contribution in [0.25, 0.3) is 0 Å². The van der Waals surface area contributed by atoms with Crippen LogP contribution in [0.1, 0.15) is 26.7 Å². The van der Waals surface area contributed by atoms with Crippen LogP contribution in [0.3, 0.4) is 0 Å². The fourth-order valence-electron chi connectivity index (χ4n) is 0.878. The summed E-state index contributed by atoms with van der Waals surface area (Å²) in [7, 11) is 0. The van der Waals surface area contributed by atoms with E-state index in [9.17, 15) is 4.79 Å². The van der Waals surface area contributed by atoms with Crippen LogP contribution in [0.15, 0.2) is 0 Å². The Morgan fingerprint density at radius 2 is 2.00 bits per heavy atom. The minimum atomic E-state index is -1.56. The van der Waals surface area contributed by atoms with Crippen molar-refractivity contribution in [2.75, 3.05) is 6.54 Å². The van der Waals surface area contributed by atoms with Crippen LogP contribution in [0.4, 0.5) is 0 Å². The Labute approximate surface area is 84.7 Å². The summed E-state index contributed by atoms with van der Waals surface area (Å²) in [5.74, 6) is 0.953. The van der Waals surface area contributed by atoms with Gasteiger partial charge in [0.2, 0.25) is 0 Å². The molecule has 0 saturated heterocycles. The van der Waals surface area contributed by atoms with Crippen LogP contribution < -0.4 is 11.5 Å². The van der Waals surface area contributed by atoms with Crippen molar-refractivity contribution in [1.82, 2.24) is 0 Å². The van der Waals surface area contributed by atoms with Crippen molar-refractivity contribution in [3.05, 3.63) is 0 Å². The summed E-state index contributed by atoms with van der Waals surface area (Å²) < 4.78 is 0. The fourth-order valence-corrected chi connectivity index (χ4v) is 0.878. The lowest BCUT2D eigenvalue weighted by atomic mass is 9.82. The molecule has 14 heavy (non-hydrogen) atoms. The normalized spacial score (nSPS) is 15.6. The summed E-state index contributed by atoms with van der Waals surface area (Å²) in [6.45, 7) is 4.38. The molecule has 0 bridgehead atoms. The summed E-state index contributed by atoms with van der Waals surface area (Å²) in [5.41, 5.74) is 9.35. The third kappa shape index (κ3) is 3.36. The maximum Gasteiger partial charge on any atom is 0.336 e. The molecule has 0 amide bonds. The number of carboxylic acids is 1. The average molecular weight is 198 g/mol. The van der Waals surface area contributed by atoms with E-state index in [0.717, 1.165) is 0 Å². The Morgan fingerprint density at radius 1 is 1.50 bits per heavy atom. The maximum atomic E-state index is 10.8. The van der Waals surface area contributed by atoms with Gasteiger partial charge in [0.1, 0.15) is 0 Å². The molecule has 0 aliphatic heterocycles. The Balaban J connectivity index is 4.39. The van der Waals surface area contributed by atoms with Crippen molar-refractivity contribution in [1.29, 1.82) is 0 Å². The highest BCUT2D eigenvalue weighted by Crippen LogP contribution is 2.24. The number of nitrogens with two attached hydrogens (primary N) is 2. The zero-order valence-electron chi connectivity index (χ0n) is 8.71. The van der Waals surface area contributed by atoms with Gasteiger partial charge in [-0.1, -0.05) is 19.8 Å². The van der Waals surface area contributed by atoms with Gasteiger partial charge in [-0.05, 0) is 24.8 Å². The molecule has 0 aliphatic rings. The lowest BCUT2D eigenvalue weighted by molar-refractivity contribution is -0.141. The zero-order chi connectivity index (χ0) is 11.4. The van der Waals surface area contributed by atoms with E-state index in [0.29, 0.717) is 13.0 Å². The highest BCUT2D eigenvalue weighted by Gasteiger charge is 2.33. The second-order valence-electron chi connectivity index (χ2n) is 4.29. The predicted molar refractivity (Wildman–Crippen MR) is 55.5 cm³/mol. The molecule has 0 rings (SSSR count). The highest BCUT2D eigenvalue weighted by atomic mass is 16.4. The summed E-state index contributed by atoms with van der Waals surface area (Å²) in [4.78, 5) is 10.8. The minimum absolute atomic E-state index is 0.128. The van der Waals surface area contributed by atoms with E-state index < -0.39 is 11.5 Å².